The van der Waals surface area contributed by atoms with Crippen LogP contribution in [0.4, 0.5) is 8.78 Å². The minimum absolute atomic E-state index is 0.107. The number of hydrogen-bond donors (Lipinski definition) is 1. The lowest BCUT2D eigenvalue weighted by Gasteiger charge is -2.34. The van der Waals surface area contributed by atoms with Gasteiger partial charge in [0.05, 0.1) is 36.8 Å². The molecule has 1 aromatic carbocycles. The number of ether oxygens (including phenoxy) is 1. The minimum Gasteiger partial charge on any atom is -0.494 e. The zero-order chi connectivity index (χ0) is 28.0. The number of benzene rings is 1. The third-order valence-corrected chi connectivity index (χ3v) is 7.01. The van der Waals surface area contributed by atoms with E-state index >= 15 is 0 Å². The van der Waals surface area contributed by atoms with Crippen molar-refractivity contribution in [1.82, 2.24) is 25.0 Å². The normalized spacial score (nSPS) is 19.5. The summed E-state index contributed by atoms with van der Waals surface area (Å²) >= 11 is 0. The molecule has 0 unspecified atom stereocenters. The fourth-order valence-electron chi connectivity index (χ4n) is 4.96. The van der Waals surface area contributed by atoms with E-state index in [0.717, 1.165) is 44.0 Å². The van der Waals surface area contributed by atoms with Crippen LogP contribution in [0.5, 0.6) is 5.75 Å². The van der Waals surface area contributed by atoms with Gasteiger partial charge in [-0.25, -0.2) is 8.78 Å². The van der Waals surface area contributed by atoms with Gasteiger partial charge in [-0.15, -0.1) is 0 Å². The van der Waals surface area contributed by atoms with Crippen molar-refractivity contribution in [3.05, 3.63) is 36.0 Å². The standard InChI is InChI=1S/C27H34F2N6O4/c1-19(36)34-11-9-33(10-12-34)8-3-13-39-21-4-5-24-23(14-21)22(6-7-31-24)26(38)32-17-25(37)35-18-27(28,29)15-20(35)16-30-2/h4-7,14,16,20H,3,8-13,15,17-18H2,1-2H3,(H,32,38)/b30-16+/t20-/m1/s1. The van der Waals surface area contributed by atoms with Gasteiger partial charge in [-0.05, 0) is 30.7 Å². The number of piperazine rings is 1. The van der Waals surface area contributed by atoms with E-state index < -0.39 is 43.3 Å². The number of nitrogens with zero attached hydrogens (tertiary/aromatic N) is 5. The molecule has 1 N–H and O–H groups in total. The van der Waals surface area contributed by atoms with Gasteiger partial charge in [0.15, 0.2) is 0 Å². The van der Waals surface area contributed by atoms with Crippen molar-refractivity contribution < 1.29 is 27.9 Å². The van der Waals surface area contributed by atoms with Gasteiger partial charge in [-0.3, -0.25) is 29.3 Å². The molecule has 2 fully saturated rings. The molecule has 12 heteroatoms. The second kappa shape index (κ2) is 12.5. The molecule has 0 radical (unpaired) electrons. The molecule has 4 rings (SSSR count). The summed E-state index contributed by atoms with van der Waals surface area (Å²) in [5.74, 6) is -3.41. The Morgan fingerprint density at radius 3 is 2.69 bits per heavy atom. The summed E-state index contributed by atoms with van der Waals surface area (Å²) in [6, 6.07) is 6.02. The fourth-order valence-corrected chi connectivity index (χ4v) is 4.96. The first-order valence-corrected chi connectivity index (χ1v) is 13.0. The maximum absolute atomic E-state index is 13.9. The van der Waals surface area contributed by atoms with Crippen LogP contribution in [-0.2, 0) is 9.59 Å². The topological polar surface area (TPSA) is 107 Å². The summed E-state index contributed by atoms with van der Waals surface area (Å²) in [5.41, 5.74) is 0.892. The number of rotatable bonds is 9. The number of pyridine rings is 1. The van der Waals surface area contributed by atoms with E-state index in [0.29, 0.717) is 28.8 Å². The Hall–Kier alpha value is -3.67. The molecule has 1 aromatic heterocycles. The zero-order valence-electron chi connectivity index (χ0n) is 22.2. The Balaban J connectivity index is 1.32. The number of halogens is 2. The summed E-state index contributed by atoms with van der Waals surface area (Å²) in [6.45, 7) is 4.98. The maximum Gasteiger partial charge on any atom is 0.267 e. The number of alkyl halides is 2. The van der Waals surface area contributed by atoms with E-state index in [1.54, 1.807) is 31.2 Å². The van der Waals surface area contributed by atoms with E-state index in [1.165, 1.54) is 19.5 Å². The van der Waals surface area contributed by atoms with E-state index in [9.17, 15) is 23.2 Å². The maximum atomic E-state index is 13.9. The van der Waals surface area contributed by atoms with Crippen LogP contribution in [0.2, 0.25) is 0 Å². The van der Waals surface area contributed by atoms with Crippen LogP contribution in [0.3, 0.4) is 0 Å². The number of likely N-dealkylation sites (tertiary alicyclic amines) is 1. The smallest absolute Gasteiger partial charge is 0.267 e. The Bertz CT molecular complexity index is 1230. The highest BCUT2D eigenvalue weighted by molar-refractivity contribution is 6.07. The Morgan fingerprint density at radius 2 is 1.97 bits per heavy atom. The quantitative estimate of drug-likeness (QED) is 0.381. The van der Waals surface area contributed by atoms with Crippen LogP contribution in [0.25, 0.3) is 10.9 Å². The molecule has 0 saturated carbocycles. The highest BCUT2D eigenvalue weighted by atomic mass is 19.3. The zero-order valence-corrected chi connectivity index (χ0v) is 22.2. The molecule has 2 aromatic rings. The Morgan fingerprint density at radius 1 is 1.21 bits per heavy atom. The van der Waals surface area contributed by atoms with E-state index in [-0.39, 0.29) is 5.91 Å². The number of carbonyl (C=O) groups is 3. The molecule has 3 amide bonds. The van der Waals surface area contributed by atoms with Gasteiger partial charge in [0.25, 0.3) is 11.8 Å². The van der Waals surface area contributed by atoms with Crippen molar-refractivity contribution in [1.29, 1.82) is 0 Å². The molecule has 0 spiro atoms. The highest BCUT2D eigenvalue weighted by Gasteiger charge is 2.46. The number of fused-ring (bicyclic) bond motifs is 1. The fraction of sp³-hybridized carbons (Fsp3) is 0.519. The second-order valence-corrected chi connectivity index (χ2v) is 9.83. The Labute approximate surface area is 226 Å². The summed E-state index contributed by atoms with van der Waals surface area (Å²) in [4.78, 5) is 50.4. The van der Waals surface area contributed by atoms with Crippen molar-refractivity contribution in [3.63, 3.8) is 0 Å². The average molecular weight is 545 g/mol. The third kappa shape index (κ3) is 7.25. The molecule has 210 valence electrons. The monoisotopic (exact) mass is 544 g/mol. The lowest BCUT2D eigenvalue weighted by atomic mass is 10.1. The first-order valence-electron chi connectivity index (χ1n) is 13.0. The largest absolute Gasteiger partial charge is 0.494 e. The van der Waals surface area contributed by atoms with E-state index in [4.69, 9.17) is 4.74 Å². The molecule has 2 aliphatic heterocycles. The lowest BCUT2D eigenvalue weighted by Crippen LogP contribution is -2.48. The number of nitrogens with one attached hydrogen (secondary N) is 1. The van der Waals surface area contributed by atoms with Crippen LogP contribution >= 0.6 is 0 Å². The van der Waals surface area contributed by atoms with Crippen LogP contribution < -0.4 is 10.1 Å². The summed E-state index contributed by atoms with van der Waals surface area (Å²) in [7, 11) is 1.46. The van der Waals surface area contributed by atoms with Gasteiger partial charge in [0.2, 0.25) is 11.8 Å². The van der Waals surface area contributed by atoms with Gasteiger partial charge in [-0.1, -0.05) is 0 Å². The number of amides is 3. The average Bonchev–Trinajstić information content (AvgIpc) is 3.23. The van der Waals surface area contributed by atoms with Gasteiger partial charge in [-0.2, -0.15) is 0 Å². The van der Waals surface area contributed by atoms with E-state index in [2.05, 4.69) is 20.2 Å². The SMILES string of the molecule is C/N=C/[C@H]1CC(F)(F)CN1C(=O)CNC(=O)c1ccnc2ccc(OCCCN3CCN(C(C)=O)CC3)cc12. The molecule has 0 bridgehead atoms. The van der Waals surface area contributed by atoms with Gasteiger partial charge in [0, 0.05) is 70.9 Å². The molecular weight excluding hydrogens is 510 g/mol. The van der Waals surface area contributed by atoms with Crippen molar-refractivity contribution in [2.75, 3.05) is 59.5 Å². The number of aliphatic imine (C=N–C) groups is 1. The van der Waals surface area contributed by atoms with E-state index in [1.807, 2.05) is 4.90 Å². The lowest BCUT2D eigenvalue weighted by molar-refractivity contribution is -0.131. The van der Waals surface area contributed by atoms with Crippen molar-refractivity contribution in [2.45, 2.75) is 31.7 Å². The van der Waals surface area contributed by atoms with Crippen LogP contribution in [0, 0.1) is 0 Å². The molecule has 39 heavy (non-hydrogen) atoms. The molecular formula is C27H34F2N6O4. The Kier molecular flexibility index (Phi) is 9.05. The summed E-state index contributed by atoms with van der Waals surface area (Å²) in [5, 5.41) is 3.12. The highest BCUT2D eigenvalue weighted by Crippen LogP contribution is 2.31. The van der Waals surface area contributed by atoms with Crippen molar-refractivity contribution >= 4 is 34.8 Å². The van der Waals surface area contributed by atoms with Crippen LogP contribution in [0.1, 0.15) is 30.1 Å². The van der Waals surface area contributed by atoms with Crippen molar-refractivity contribution in [3.8, 4) is 5.75 Å². The predicted octanol–water partition coefficient (Wildman–Crippen LogP) is 1.83. The molecule has 0 aliphatic carbocycles. The first-order chi connectivity index (χ1) is 18.7. The second-order valence-electron chi connectivity index (χ2n) is 9.83. The van der Waals surface area contributed by atoms with Crippen LogP contribution in [0.15, 0.2) is 35.5 Å². The number of aromatic nitrogens is 1. The van der Waals surface area contributed by atoms with Crippen molar-refractivity contribution in [2.24, 2.45) is 4.99 Å². The predicted molar refractivity (Wildman–Crippen MR) is 142 cm³/mol. The molecule has 2 aliphatic rings. The third-order valence-electron chi connectivity index (χ3n) is 7.01. The number of hydrogen-bond acceptors (Lipinski definition) is 7. The van der Waals surface area contributed by atoms with Gasteiger partial charge < -0.3 is 19.9 Å². The number of carbonyl (C=O) groups excluding carboxylic acids is 3. The molecule has 2 saturated heterocycles. The molecule has 3 heterocycles. The first kappa shape index (κ1) is 28.3. The van der Waals surface area contributed by atoms with Crippen LogP contribution in [-0.4, -0.2) is 115 Å². The van der Waals surface area contributed by atoms with Gasteiger partial charge >= 0.3 is 0 Å². The summed E-state index contributed by atoms with van der Waals surface area (Å²) in [6.07, 6.45) is 3.14. The molecule has 1 atom stereocenters. The molecule has 10 nitrogen and oxygen atoms in total. The summed E-state index contributed by atoms with van der Waals surface area (Å²) < 4.78 is 33.7. The minimum atomic E-state index is -2.99. The van der Waals surface area contributed by atoms with Gasteiger partial charge in [0.1, 0.15) is 5.75 Å².